The number of hydrogen-bond acceptors (Lipinski definition) is 5. The van der Waals surface area contributed by atoms with Crippen molar-refractivity contribution in [3.63, 3.8) is 0 Å². The highest BCUT2D eigenvalue weighted by Gasteiger charge is 2.18. The van der Waals surface area contributed by atoms with Crippen molar-refractivity contribution in [3.8, 4) is 0 Å². The number of nitrogens with one attached hydrogen (secondary N) is 1. The van der Waals surface area contributed by atoms with Crippen LogP contribution in [0, 0.1) is 0 Å². The molecule has 0 bridgehead atoms. The summed E-state index contributed by atoms with van der Waals surface area (Å²) in [6, 6.07) is -0.627. The van der Waals surface area contributed by atoms with Gasteiger partial charge in [0.15, 0.2) is 0 Å². The molecular weight excluding hydrogens is 1170 g/mol. The third-order valence-corrected chi connectivity index (χ3v) is 21.2. The maximum absolute atomic E-state index is 12.6. The smallest absolute Gasteiger partial charge is 0.305 e. The SMILES string of the molecule is CCCCCCCCCCCCCCCCCCCCCCCCC/C=C/C(O)C(CO)NC(=O)CCCCCCCCCCCCCCCCCCC/C=C\CCCCCCCCCCCCCCCCOC(=O)CCCCCCCCCCCCCCCCCCCCC. The molecule has 570 valence electrons. The lowest BCUT2D eigenvalue weighted by Gasteiger charge is -2.20. The zero-order valence-electron chi connectivity index (χ0n) is 65.7. The number of rotatable bonds is 85. The molecule has 96 heavy (non-hydrogen) atoms. The molecule has 0 aliphatic heterocycles. The first-order valence-electron chi connectivity index (χ1n) is 44.6. The van der Waals surface area contributed by atoms with E-state index in [0.29, 0.717) is 19.4 Å². The van der Waals surface area contributed by atoms with E-state index in [1.807, 2.05) is 6.08 Å². The van der Waals surface area contributed by atoms with Gasteiger partial charge in [-0.15, -0.1) is 0 Å². The lowest BCUT2D eigenvalue weighted by atomic mass is 10.0. The van der Waals surface area contributed by atoms with Gasteiger partial charge >= 0.3 is 5.97 Å². The lowest BCUT2D eigenvalue weighted by molar-refractivity contribution is -0.143. The largest absolute Gasteiger partial charge is 0.466 e. The van der Waals surface area contributed by atoms with E-state index in [1.165, 1.54) is 449 Å². The van der Waals surface area contributed by atoms with Crippen LogP contribution in [-0.2, 0) is 14.3 Å². The van der Waals surface area contributed by atoms with Crippen LogP contribution < -0.4 is 5.32 Å². The van der Waals surface area contributed by atoms with Crippen LogP contribution in [0.5, 0.6) is 0 Å². The summed E-state index contributed by atoms with van der Waals surface area (Å²) in [4.78, 5) is 24.7. The Labute approximate surface area is 602 Å². The van der Waals surface area contributed by atoms with Gasteiger partial charge in [0.2, 0.25) is 5.91 Å². The molecule has 0 saturated heterocycles. The molecule has 0 aliphatic rings. The Bertz CT molecular complexity index is 1510. The highest BCUT2D eigenvalue weighted by atomic mass is 16.5. The maximum atomic E-state index is 12.6. The monoisotopic (exact) mass is 1350 g/mol. The van der Waals surface area contributed by atoms with Crippen molar-refractivity contribution in [2.24, 2.45) is 0 Å². The molecule has 3 N–H and O–H groups in total. The summed E-state index contributed by atoms with van der Waals surface area (Å²) in [6.45, 7) is 4.98. The third-order valence-electron chi connectivity index (χ3n) is 21.2. The molecule has 0 spiro atoms. The topological polar surface area (TPSA) is 95.9 Å². The zero-order valence-corrected chi connectivity index (χ0v) is 65.7. The van der Waals surface area contributed by atoms with Gasteiger partial charge in [0.1, 0.15) is 0 Å². The van der Waals surface area contributed by atoms with E-state index in [-0.39, 0.29) is 18.5 Å². The molecule has 0 aromatic rings. The zero-order chi connectivity index (χ0) is 69.1. The number of esters is 1. The van der Waals surface area contributed by atoms with Crippen LogP contribution in [0.3, 0.4) is 0 Å². The summed E-state index contributed by atoms with van der Waals surface area (Å²) in [5, 5.41) is 23.3. The van der Waals surface area contributed by atoms with Gasteiger partial charge in [-0.25, -0.2) is 0 Å². The van der Waals surface area contributed by atoms with Crippen LogP contribution in [0.2, 0.25) is 0 Å². The van der Waals surface area contributed by atoms with Crippen molar-refractivity contribution in [2.75, 3.05) is 13.2 Å². The van der Waals surface area contributed by atoms with Crippen LogP contribution in [0.4, 0.5) is 0 Å². The van der Waals surface area contributed by atoms with Gasteiger partial charge in [-0.1, -0.05) is 468 Å². The molecule has 0 rings (SSSR count). The highest BCUT2D eigenvalue weighted by molar-refractivity contribution is 5.76. The van der Waals surface area contributed by atoms with E-state index in [0.717, 1.165) is 38.5 Å². The van der Waals surface area contributed by atoms with Gasteiger partial charge < -0.3 is 20.3 Å². The summed E-state index contributed by atoms with van der Waals surface area (Å²) in [7, 11) is 0. The number of ether oxygens (including phenoxy) is 1. The number of unbranched alkanes of at least 4 members (excludes halogenated alkanes) is 72. The average Bonchev–Trinajstić information content (AvgIpc) is 2.98. The van der Waals surface area contributed by atoms with Gasteiger partial charge in [-0.05, 0) is 57.8 Å². The minimum atomic E-state index is -0.844. The van der Waals surface area contributed by atoms with Crippen molar-refractivity contribution < 1.29 is 24.5 Å². The number of aliphatic hydroxyl groups excluding tert-OH is 2. The minimum Gasteiger partial charge on any atom is -0.466 e. The van der Waals surface area contributed by atoms with Crippen LogP contribution >= 0.6 is 0 Å². The second kappa shape index (κ2) is 85.8. The maximum Gasteiger partial charge on any atom is 0.305 e. The second-order valence-electron chi connectivity index (χ2n) is 30.9. The van der Waals surface area contributed by atoms with Crippen LogP contribution in [-0.4, -0.2) is 47.4 Å². The van der Waals surface area contributed by atoms with Crippen molar-refractivity contribution >= 4 is 11.9 Å². The lowest BCUT2D eigenvalue weighted by Crippen LogP contribution is -2.45. The quantitative estimate of drug-likeness (QED) is 0.0320. The molecular formula is C90H175NO5. The van der Waals surface area contributed by atoms with Gasteiger partial charge in [-0.2, -0.15) is 0 Å². The molecule has 6 heteroatoms. The van der Waals surface area contributed by atoms with E-state index in [1.54, 1.807) is 6.08 Å². The first-order valence-corrected chi connectivity index (χ1v) is 44.6. The fourth-order valence-electron chi connectivity index (χ4n) is 14.5. The highest BCUT2D eigenvalue weighted by Crippen LogP contribution is 2.21. The van der Waals surface area contributed by atoms with E-state index >= 15 is 0 Å². The van der Waals surface area contributed by atoms with Crippen molar-refractivity contribution in [3.05, 3.63) is 24.3 Å². The number of amides is 1. The number of hydrogen-bond donors (Lipinski definition) is 3. The third kappa shape index (κ3) is 81.3. The molecule has 0 aromatic heterocycles. The van der Waals surface area contributed by atoms with Gasteiger partial charge in [0.05, 0.1) is 25.4 Å². The van der Waals surface area contributed by atoms with Gasteiger partial charge in [-0.3, -0.25) is 9.59 Å². The number of allylic oxidation sites excluding steroid dienone is 3. The van der Waals surface area contributed by atoms with E-state index in [4.69, 9.17) is 4.74 Å². The number of aliphatic hydroxyl groups is 2. The number of carbonyl (C=O) groups excluding carboxylic acids is 2. The van der Waals surface area contributed by atoms with Crippen LogP contribution in [0.15, 0.2) is 24.3 Å². The first kappa shape index (κ1) is 94.3. The Kier molecular flexibility index (Phi) is 84.3. The molecule has 0 radical (unpaired) electrons. The predicted octanol–water partition coefficient (Wildman–Crippen LogP) is 29.9. The predicted molar refractivity (Wildman–Crippen MR) is 426 cm³/mol. The Morgan fingerprint density at radius 2 is 0.490 bits per heavy atom. The van der Waals surface area contributed by atoms with Crippen molar-refractivity contribution in [1.82, 2.24) is 5.32 Å². The van der Waals surface area contributed by atoms with Crippen molar-refractivity contribution in [1.29, 1.82) is 0 Å². The Hall–Kier alpha value is -1.66. The number of carbonyl (C=O) groups is 2. The van der Waals surface area contributed by atoms with Crippen LogP contribution in [0.25, 0.3) is 0 Å². The van der Waals surface area contributed by atoms with E-state index in [2.05, 4.69) is 31.3 Å². The normalized spacial score (nSPS) is 12.5. The molecule has 0 heterocycles. The average molecular weight is 1350 g/mol. The van der Waals surface area contributed by atoms with Crippen LogP contribution in [0.1, 0.15) is 515 Å². The second-order valence-corrected chi connectivity index (χ2v) is 30.9. The molecule has 0 saturated carbocycles. The summed E-state index contributed by atoms with van der Waals surface area (Å²) in [5.74, 6) is -0.0321. The van der Waals surface area contributed by atoms with Gasteiger partial charge in [0.25, 0.3) is 0 Å². The fraction of sp³-hybridized carbons (Fsp3) is 0.933. The van der Waals surface area contributed by atoms with Gasteiger partial charge in [0, 0.05) is 12.8 Å². The molecule has 0 aromatic carbocycles. The molecule has 2 unspecified atom stereocenters. The molecule has 0 fully saturated rings. The summed E-state index contributed by atoms with van der Waals surface area (Å²) < 4.78 is 5.53. The minimum absolute atomic E-state index is 0.0262. The Morgan fingerprint density at radius 3 is 0.740 bits per heavy atom. The molecule has 0 aliphatic carbocycles. The standard InChI is InChI=1S/C90H175NO5/c1-3-5-7-9-11-13-15-17-19-21-23-24-25-37-40-43-47-50-54-58-62-66-70-74-78-82-88(93)87(86-92)91-89(94)83-79-75-71-67-63-59-55-51-48-44-41-38-35-33-31-29-27-26-28-30-32-34-36-39-42-45-49-53-57-61-65-69-73-77-81-85-96-90(95)84-80-76-72-68-64-60-56-52-46-22-20-18-16-14-12-10-8-6-4-2/h28,30,78,82,87-88,92-93H,3-27,29,31-77,79-81,83-86H2,1-2H3,(H,91,94)/b30-28-,82-78+. The molecule has 1 amide bonds. The Morgan fingerprint density at radius 1 is 0.281 bits per heavy atom. The fourth-order valence-corrected chi connectivity index (χ4v) is 14.5. The van der Waals surface area contributed by atoms with E-state index < -0.39 is 12.1 Å². The van der Waals surface area contributed by atoms with E-state index in [9.17, 15) is 19.8 Å². The molecule has 2 atom stereocenters. The first-order chi connectivity index (χ1) is 47.5. The van der Waals surface area contributed by atoms with Crippen molar-refractivity contribution in [2.45, 2.75) is 527 Å². The summed E-state index contributed by atoms with van der Waals surface area (Å²) >= 11 is 0. The summed E-state index contributed by atoms with van der Waals surface area (Å²) in [5.41, 5.74) is 0. The summed E-state index contributed by atoms with van der Waals surface area (Å²) in [6.07, 6.45) is 112. The molecule has 6 nitrogen and oxygen atoms in total. The Balaban J connectivity index is 3.35.